The Morgan fingerprint density at radius 3 is 1.28 bits per heavy atom. The molecule has 0 aromatic carbocycles. The highest BCUT2D eigenvalue weighted by Gasteiger charge is 2.24. The van der Waals surface area contributed by atoms with E-state index in [1.807, 2.05) is 0 Å². The zero-order valence-corrected chi connectivity index (χ0v) is 38.5. The lowest BCUT2D eigenvalue weighted by Gasteiger charge is -2.24. The highest BCUT2D eigenvalue weighted by molar-refractivity contribution is 5.77. The van der Waals surface area contributed by atoms with E-state index in [9.17, 15) is 19.8 Å². The van der Waals surface area contributed by atoms with Gasteiger partial charge in [-0.1, -0.05) is 232 Å². The van der Waals surface area contributed by atoms with E-state index < -0.39 is 18.2 Å². The maximum atomic E-state index is 13.2. The van der Waals surface area contributed by atoms with Gasteiger partial charge in [-0.3, -0.25) is 9.59 Å². The van der Waals surface area contributed by atoms with Crippen molar-refractivity contribution in [3.05, 3.63) is 12.2 Å². The number of hydrogen-bond acceptors (Lipinski definition) is 5. The summed E-state index contributed by atoms with van der Waals surface area (Å²) in [5.74, 6) is -0.489. The third-order valence-corrected chi connectivity index (χ3v) is 11.8. The first-order valence-corrected chi connectivity index (χ1v) is 25.4. The molecule has 0 fully saturated rings. The number of allylic oxidation sites excluding steroid dienone is 2. The van der Waals surface area contributed by atoms with E-state index in [0.717, 1.165) is 51.4 Å². The maximum Gasteiger partial charge on any atom is 0.306 e. The molecular weight excluding hydrogens is 707 g/mol. The van der Waals surface area contributed by atoms with Crippen molar-refractivity contribution in [2.75, 3.05) is 6.61 Å². The zero-order chi connectivity index (χ0) is 41.7. The molecule has 0 saturated carbocycles. The molecule has 338 valence electrons. The minimum absolute atomic E-state index is 0.0634. The van der Waals surface area contributed by atoms with Crippen molar-refractivity contribution in [1.29, 1.82) is 0 Å². The van der Waals surface area contributed by atoms with Gasteiger partial charge in [-0.05, 0) is 44.9 Å². The molecule has 0 aliphatic carbocycles. The predicted octanol–water partition coefficient (Wildman–Crippen LogP) is 15.0. The summed E-state index contributed by atoms with van der Waals surface area (Å²) in [6.45, 7) is 6.48. The Labute approximate surface area is 355 Å². The van der Waals surface area contributed by atoms with Crippen LogP contribution in [0, 0.1) is 0 Å². The summed E-state index contributed by atoms with van der Waals surface area (Å²) in [6, 6.07) is -0.702. The third-order valence-electron chi connectivity index (χ3n) is 11.8. The SMILES string of the molecule is CCCCCCCCC/C=C\CCCC(CC(=O)NC(CO)C(O)CCCCCCCCCCCCCCCCC)OC(=O)CCCCCCCCCCCCC. The standard InChI is InChI=1S/C51H99NO5/c1-4-7-10-13-16-19-22-24-25-26-29-31-34-37-40-43-49(54)48(46-53)52-50(55)45-47(42-39-36-33-30-28-23-20-17-14-11-8-5-2)57-51(56)44-41-38-35-32-27-21-18-15-12-9-6-3/h30,33,47-49,53-54H,4-29,31-32,34-46H2,1-3H3,(H,52,55)/b33-30-. The van der Waals surface area contributed by atoms with Crippen LogP contribution in [-0.2, 0) is 14.3 Å². The number of nitrogens with one attached hydrogen (secondary N) is 1. The summed E-state index contributed by atoms with van der Waals surface area (Å²) >= 11 is 0. The lowest BCUT2D eigenvalue weighted by atomic mass is 10.0. The number of aliphatic hydroxyl groups is 2. The van der Waals surface area contributed by atoms with Gasteiger partial charge in [0.25, 0.3) is 0 Å². The van der Waals surface area contributed by atoms with Crippen LogP contribution in [0.25, 0.3) is 0 Å². The van der Waals surface area contributed by atoms with Crippen molar-refractivity contribution in [3.63, 3.8) is 0 Å². The third kappa shape index (κ3) is 41.1. The van der Waals surface area contributed by atoms with Gasteiger partial charge in [0.2, 0.25) is 5.91 Å². The van der Waals surface area contributed by atoms with Gasteiger partial charge in [-0.2, -0.15) is 0 Å². The number of unbranched alkanes of at least 4 members (excludes halogenated alkanes) is 32. The Kier molecular flexibility index (Phi) is 44.6. The predicted molar refractivity (Wildman–Crippen MR) is 246 cm³/mol. The molecule has 3 atom stereocenters. The molecular formula is C51H99NO5. The summed E-state index contributed by atoms with van der Waals surface area (Å²) in [5.41, 5.74) is 0. The molecule has 6 nitrogen and oxygen atoms in total. The Bertz CT molecular complexity index is 863. The van der Waals surface area contributed by atoms with Gasteiger partial charge in [0.05, 0.1) is 25.2 Å². The Morgan fingerprint density at radius 2 is 0.860 bits per heavy atom. The molecule has 0 heterocycles. The summed E-state index contributed by atoms with van der Waals surface area (Å²) in [4.78, 5) is 26.0. The first-order valence-electron chi connectivity index (χ1n) is 25.4. The van der Waals surface area contributed by atoms with Crippen molar-refractivity contribution in [2.24, 2.45) is 0 Å². The van der Waals surface area contributed by atoms with E-state index >= 15 is 0 Å². The first kappa shape index (κ1) is 55.6. The van der Waals surface area contributed by atoms with E-state index in [1.165, 1.54) is 180 Å². The number of ether oxygens (including phenoxy) is 1. The number of esters is 1. The zero-order valence-electron chi connectivity index (χ0n) is 38.5. The molecule has 0 spiro atoms. The van der Waals surface area contributed by atoms with Crippen LogP contribution in [0.3, 0.4) is 0 Å². The Hall–Kier alpha value is -1.40. The van der Waals surface area contributed by atoms with Gasteiger partial charge in [0.1, 0.15) is 6.10 Å². The number of hydrogen-bond donors (Lipinski definition) is 3. The van der Waals surface area contributed by atoms with Crippen LogP contribution in [0.1, 0.15) is 278 Å². The second kappa shape index (κ2) is 45.7. The Morgan fingerprint density at radius 1 is 0.491 bits per heavy atom. The fourth-order valence-electron chi connectivity index (χ4n) is 7.96. The molecule has 0 saturated heterocycles. The van der Waals surface area contributed by atoms with Gasteiger partial charge < -0.3 is 20.3 Å². The largest absolute Gasteiger partial charge is 0.462 e. The van der Waals surface area contributed by atoms with Crippen molar-refractivity contribution in [2.45, 2.75) is 296 Å². The number of rotatable bonds is 46. The Balaban J connectivity index is 4.52. The van der Waals surface area contributed by atoms with Crippen LogP contribution in [0.5, 0.6) is 0 Å². The maximum absolute atomic E-state index is 13.2. The van der Waals surface area contributed by atoms with Gasteiger partial charge in [-0.25, -0.2) is 0 Å². The van der Waals surface area contributed by atoms with Gasteiger partial charge in [0.15, 0.2) is 0 Å². The van der Waals surface area contributed by atoms with Crippen LogP contribution >= 0.6 is 0 Å². The average Bonchev–Trinajstić information content (AvgIpc) is 3.20. The molecule has 0 aromatic rings. The molecule has 0 bridgehead atoms. The lowest BCUT2D eigenvalue weighted by molar-refractivity contribution is -0.151. The van der Waals surface area contributed by atoms with Gasteiger partial charge in [-0.15, -0.1) is 0 Å². The first-order chi connectivity index (χ1) is 28.0. The van der Waals surface area contributed by atoms with Crippen LogP contribution in [0.4, 0.5) is 0 Å². The molecule has 0 rings (SSSR count). The van der Waals surface area contributed by atoms with Crippen molar-refractivity contribution < 1.29 is 24.5 Å². The quantitative estimate of drug-likeness (QED) is 0.0323. The van der Waals surface area contributed by atoms with Crippen LogP contribution in [0.15, 0.2) is 12.2 Å². The van der Waals surface area contributed by atoms with Crippen LogP contribution in [-0.4, -0.2) is 46.9 Å². The molecule has 0 aliphatic heterocycles. The number of aliphatic hydroxyl groups excluding tert-OH is 2. The fraction of sp³-hybridized carbons (Fsp3) is 0.922. The molecule has 3 N–H and O–H groups in total. The number of carbonyl (C=O) groups excluding carboxylic acids is 2. The van der Waals surface area contributed by atoms with Crippen molar-refractivity contribution >= 4 is 11.9 Å². The second-order valence-corrected chi connectivity index (χ2v) is 17.6. The smallest absolute Gasteiger partial charge is 0.306 e. The van der Waals surface area contributed by atoms with Crippen molar-refractivity contribution in [3.8, 4) is 0 Å². The van der Waals surface area contributed by atoms with E-state index in [4.69, 9.17) is 4.74 Å². The van der Waals surface area contributed by atoms with Gasteiger partial charge >= 0.3 is 5.97 Å². The molecule has 3 unspecified atom stereocenters. The van der Waals surface area contributed by atoms with Crippen LogP contribution < -0.4 is 5.32 Å². The fourth-order valence-corrected chi connectivity index (χ4v) is 7.96. The summed E-state index contributed by atoms with van der Waals surface area (Å²) in [6.07, 6.45) is 49.9. The molecule has 0 aromatic heterocycles. The van der Waals surface area contributed by atoms with E-state index in [2.05, 4.69) is 38.2 Å². The minimum atomic E-state index is -0.788. The average molecular weight is 806 g/mol. The van der Waals surface area contributed by atoms with Crippen LogP contribution in [0.2, 0.25) is 0 Å². The summed E-state index contributed by atoms with van der Waals surface area (Å²) in [7, 11) is 0. The normalized spacial score (nSPS) is 13.3. The topological polar surface area (TPSA) is 95.9 Å². The summed E-state index contributed by atoms with van der Waals surface area (Å²) < 4.78 is 5.90. The summed E-state index contributed by atoms with van der Waals surface area (Å²) in [5, 5.41) is 23.7. The van der Waals surface area contributed by atoms with E-state index in [1.54, 1.807) is 0 Å². The molecule has 0 aliphatic rings. The van der Waals surface area contributed by atoms with E-state index in [-0.39, 0.29) is 24.9 Å². The highest BCUT2D eigenvalue weighted by Crippen LogP contribution is 2.18. The van der Waals surface area contributed by atoms with Crippen molar-refractivity contribution in [1.82, 2.24) is 5.32 Å². The molecule has 0 radical (unpaired) electrons. The molecule has 57 heavy (non-hydrogen) atoms. The molecule has 6 heteroatoms. The minimum Gasteiger partial charge on any atom is -0.462 e. The number of carbonyl (C=O) groups is 2. The number of amides is 1. The second-order valence-electron chi connectivity index (χ2n) is 17.6. The molecule has 1 amide bonds. The highest BCUT2D eigenvalue weighted by atomic mass is 16.5. The van der Waals surface area contributed by atoms with E-state index in [0.29, 0.717) is 19.3 Å². The lowest BCUT2D eigenvalue weighted by Crippen LogP contribution is -2.46. The monoisotopic (exact) mass is 806 g/mol. The van der Waals surface area contributed by atoms with Gasteiger partial charge in [0, 0.05) is 6.42 Å².